The molecule has 0 saturated heterocycles. The van der Waals surface area contributed by atoms with Crippen LogP contribution in [0.15, 0.2) is 30.3 Å². The number of hydrogen-bond acceptors (Lipinski definition) is 2. The lowest BCUT2D eigenvalue weighted by molar-refractivity contribution is 0.621. The standard InChI is InChI=1S/C12H18.Cl2O2S/c1-2-3-4-6-9-12-10-7-5-8-11-12;1-5(2,3)4/h5,7-8,10-11H,2-4,6,9H2,1H3;. The van der Waals surface area contributed by atoms with Crippen LogP contribution in [0, 0.1) is 0 Å². The Morgan fingerprint density at radius 2 is 1.53 bits per heavy atom. The minimum Gasteiger partial charge on any atom is -0.195 e. The largest absolute Gasteiger partial charge is 0.317 e. The lowest BCUT2D eigenvalue weighted by Gasteiger charge is -1.99. The second-order valence-electron chi connectivity index (χ2n) is 3.67. The van der Waals surface area contributed by atoms with Crippen LogP contribution in [-0.2, 0) is 14.7 Å². The Labute approximate surface area is 113 Å². The zero-order valence-electron chi connectivity index (χ0n) is 9.90. The SMILES string of the molecule is CCCCCCc1ccccc1.O=S(=O)(Cl)Cl. The van der Waals surface area contributed by atoms with Crippen molar-refractivity contribution < 1.29 is 8.42 Å². The highest BCUT2D eigenvalue weighted by atomic mass is 36.0. The summed E-state index contributed by atoms with van der Waals surface area (Å²) in [6.07, 6.45) is 6.69. The van der Waals surface area contributed by atoms with Gasteiger partial charge in [-0.1, -0.05) is 56.5 Å². The molecule has 0 bridgehead atoms. The molecule has 0 amide bonds. The minimum absolute atomic E-state index is 1.25. The average Bonchev–Trinajstić information content (AvgIpc) is 2.24. The van der Waals surface area contributed by atoms with Crippen LogP contribution in [0.4, 0.5) is 0 Å². The summed E-state index contributed by atoms with van der Waals surface area (Å²) in [4.78, 5) is 0. The second-order valence-corrected chi connectivity index (χ2v) is 7.34. The Bertz CT molecular complexity index is 369. The molecular weight excluding hydrogens is 279 g/mol. The molecule has 0 heterocycles. The van der Waals surface area contributed by atoms with E-state index in [1.165, 1.54) is 37.7 Å². The second kappa shape index (κ2) is 9.75. The predicted molar refractivity (Wildman–Crippen MR) is 74.9 cm³/mol. The fourth-order valence-electron chi connectivity index (χ4n) is 1.40. The van der Waals surface area contributed by atoms with Gasteiger partial charge in [-0.25, -0.2) is 0 Å². The number of benzene rings is 1. The van der Waals surface area contributed by atoms with Gasteiger partial charge in [0.15, 0.2) is 0 Å². The molecule has 0 aromatic heterocycles. The quantitative estimate of drug-likeness (QED) is 0.591. The van der Waals surface area contributed by atoms with E-state index in [2.05, 4.69) is 58.6 Å². The number of hydrogen-bond donors (Lipinski definition) is 0. The molecule has 0 aliphatic heterocycles. The first kappa shape index (κ1) is 16.8. The predicted octanol–water partition coefficient (Wildman–Crippen LogP) is 4.52. The Hall–Kier alpha value is -0.250. The van der Waals surface area contributed by atoms with Crippen molar-refractivity contribution >= 4 is 29.6 Å². The van der Waals surface area contributed by atoms with Crippen molar-refractivity contribution in [2.24, 2.45) is 0 Å². The smallest absolute Gasteiger partial charge is 0.195 e. The number of halogens is 2. The van der Waals surface area contributed by atoms with Crippen LogP contribution in [0.2, 0.25) is 0 Å². The van der Waals surface area contributed by atoms with Gasteiger partial charge in [0, 0.05) is 21.4 Å². The molecule has 0 unspecified atom stereocenters. The van der Waals surface area contributed by atoms with Gasteiger partial charge in [-0.05, 0) is 18.4 Å². The van der Waals surface area contributed by atoms with E-state index in [0.717, 1.165) is 0 Å². The molecule has 98 valence electrons. The fourth-order valence-corrected chi connectivity index (χ4v) is 1.40. The molecule has 0 aliphatic rings. The summed E-state index contributed by atoms with van der Waals surface area (Å²) in [6, 6.07) is 10.7. The van der Waals surface area contributed by atoms with Gasteiger partial charge in [-0.3, -0.25) is 0 Å². The maximum absolute atomic E-state index is 9.16. The van der Waals surface area contributed by atoms with Gasteiger partial charge in [0.1, 0.15) is 0 Å². The molecule has 0 atom stereocenters. The fraction of sp³-hybridized carbons (Fsp3) is 0.500. The van der Waals surface area contributed by atoms with Crippen LogP contribution >= 0.6 is 21.4 Å². The van der Waals surface area contributed by atoms with Gasteiger partial charge in [0.2, 0.25) is 0 Å². The van der Waals surface area contributed by atoms with E-state index in [9.17, 15) is 0 Å². The summed E-state index contributed by atoms with van der Waals surface area (Å²) in [5, 5.41) is 0. The Balaban J connectivity index is 0.000000437. The number of rotatable bonds is 5. The molecule has 1 rings (SSSR count). The van der Waals surface area contributed by atoms with E-state index in [4.69, 9.17) is 8.42 Å². The maximum atomic E-state index is 9.16. The highest BCUT2D eigenvalue weighted by Gasteiger charge is 1.90. The van der Waals surface area contributed by atoms with Crippen molar-refractivity contribution in [2.45, 2.75) is 39.0 Å². The van der Waals surface area contributed by atoms with Crippen molar-refractivity contribution in [3.63, 3.8) is 0 Å². The van der Waals surface area contributed by atoms with E-state index >= 15 is 0 Å². The normalized spacial score (nSPS) is 10.5. The molecule has 0 fully saturated rings. The number of aryl methyl sites for hydroxylation is 1. The van der Waals surface area contributed by atoms with E-state index in [1.54, 1.807) is 0 Å². The Morgan fingerprint density at radius 3 is 2.00 bits per heavy atom. The Morgan fingerprint density at radius 1 is 1.00 bits per heavy atom. The third-order valence-corrected chi connectivity index (χ3v) is 2.16. The zero-order valence-corrected chi connectivity index (χ0v) is 12.2. The van der Waals surface area contributed by atoms with E-state index in [0.29, 0.717) is 0 Å². The molecule has 1 aromatic rings. The highest BCUT2D eigenvalue weighted by Crippen LogP contribution is 2.06. The third kappa shape index (κ3) is 15.8. The first-order valence-electron chi connectivity index (χ1n) is 5.61. The summed E-state index contributed by atoms with van der Waals surface area (Å²) >= 11 is 0. The average molecular weight is 297 g/mol. The first-order valence-corrected chi connectivity index (χ1v) is 8.75. The van der Waals surface area contributed by atoms with Crippen molar-refractivity contribution in [3.05, 3.63) is 35.9 Å². The van der Waals surface area contributed by atoms with Gasteiger partial charge in [0.25, 0.3) is 0 Å². The molecular formula is C12H18Cl2O2S. The van der Waals surface area contributed by atoms with Crippen LogP contribution < -0.4 is 0 Å². The van der Waals surface area contributed by atoms with Crippen LogP contribution in [0.5, 0.6) is 0 Å². The highest BCUT2D eigenvalue weighted by molar-refractivity contribution is 8.31. The molecule has 5 heteroatoms. The molecule has 0 N–H and O–H groups in total. The van der Waals surface area contributed by atoms with Crippen LogP contribution in [-0.4, -0.2) is 8.42 Å². The molecule has 0 radical (unpaired) electrons. The molecule has 17 heavy (non-hydrogen) atoms. The van der Waals surface area contributed by atoms with Crippen LogP contribution in [0.25, 0.3) is 0 Å². The summed E-state index contributed by atoms with van der Waals surface area (Å²) in [6.45, 7) is 2.25. The van der Waals surface area contributed by atoms with Crippen molar-refractivity contribution in [2.75, 3.05) is 0 Å². The van der Waals surface area contributed by atoms with Crippen molar-refractivity contribution in [3.8, 4) is 0 Å². The topological polar surface area (TPSA) is 34.1 Å². The lowest BCUT2D eigenvalue weighted by Crippen LogP contribution is -1.84. The van der Waals surface area contributed by atoms with Gasteiger partial charge in [-0.15, -0.1) is 0 Å². The molecule has 2 nitrogen and oxygen atoms in total. The molecule has 1 aromatic carbocycles. The summed E-state index contributed by atoms with van der Waals surface area (Å²) in [5.41, 5.74) is 1.48. The van der Waals surface area contributed by atoms with E-state index in [-0.39, 0.29) is 0 Å². The molecule has 0 aliphatic carbocycles. The van der Waals surface area contributed by atoms with Gasteiger partial charge >= 0.3 is 8.26 Å². The van der Waals surface area contributed by atoms with Crippen molar-refractivity contribution in [1.29, 1.82) is 0 Å². The summed E-state index contributed by atoms with van der Waals surface area (Å²) < 4.78 is 18.3. The summed E-state index contributed by atoms with van der Waals surface area (Å²) in [7, 11) is 4.81. The molecule has 0 spiro atoms. The zero-order chi connectivity index (χ0) is 13.1. The number of unbranched alkanes of at least 4 members (excludes halogenated alkanes) is 3. The van der Waals surface area contributed by atoms with Gasteiger partial charge in [-0.2, -0.15) is 8.42 Å². The van der Waals surface area contributed by atoms with E-state index < -0.39 is 8.26 Å². The Kier molecular flexibility index (Phi) is 9.60. The monoisotopic (exact) mass is 296 g/mol. The minimum atomic E-state index is -3.72. The lowest BCUT2D eigenvalue weighted by atomic mass is 10.1. The van der Waals surface area contributed by atoms with Crippen molar-refractivity contribution in [1.82, 2.24) is 0 Å². The van der Waals surface area contributed by atoms with E-state index in [1.807, 2.05) is 0 Å². The van der Waals surface area contributed by atoms with Crippen LogP contribution in [0.1, 0.15) is 38.2 Å². The summed E-state index contributed by atoms with van der Waals surface area (Å²) in [5.74, 6) is 0. The maximum Gasteiger partial charge on any atom is 0.317 e. The molecule has 0 saturated carbocycles. The van der Waals surface area contributed by atoms with Gasteiger partial charge in [0.05, 0.1) is 0 Å². The van der Waals surface area contributed by atoms with Gasteiger partial charge < -0.3 is 0 Å². The third-order valence-electron chi connectivity index (χ3n) is 2.16. The van der Waals surface area contributed by atoms with Crippen LogP contribution in [0.3, 0.4) is 0 Å². The first-order chi connectivity index (χ1) is 7.93.